The lowest BCUT2D eigenvalue weighted by Crippen LogP contribution is -2.60. The van der Waals surface area contributed by atoms with Crippen molar-refractivity contribution >= 4 is 23.5 Å². The summed E-state index contributed by atoms with van der Waals surface area (Å²) in [6.45, 7) is 5.45. The maximum atomic E-state index is 12.4. The van der Waals surface area contributed by atoms with E-state index in [-0.39, 0.29) is 28.8 Å². The van der Waals surface area contributed by atoms with E-state index >= 15 is 0 Å². The number of fused-ring (bicyclic) bond motifs is 1. The molecule has 1 heterocycles. The minimum atomic E-state index is -1.27. The first kappa shape index (κ1) is 18.7. The van der Waals surface area contributed by atoms with Crippen LogP contribution in [0.1, 0.15) is 44.4 Å². The number of rotatable bonds is 3. The first-order chi connectivity index (χ1) is 11.7. The lowest BCUT2D eigenvalue weighted by atomic mass is 9.87. The molecule has 0 radical (unpaired) electrons. The van der Waals surface area contributed by atoms with Gasteiger partial charge in [0, 0.05) is 30.2 Å². The second-order valence-corrected chi connectivity index (χ2v) is 6.51. The van der Waals surface area contributed by atoms with Crippen LogP contribution in [0, 0.1) is 0 Å². The van der Waals surface area contributed by atoms with E-state index < -0.39 is 12.1 Å². The summed E-state index contributed by atoms with van der Waals surface area (Å²) < 4.78 is 0.0624. The first-order valence-corrected chi connectivity index (χ1v) is 8.15. The molecule has 3 atom stereocenters. The normalized spacial score (nSPS) is 26.0. The zero-order valence-electron chi connectivity index (χ0n) is 14.9. The number of oxime groups is 1. The Morgan fingerprint density at radius 1 is 1.48 bits per heavy atom. The first-order valence-electron chi connectivity index (χ1n) is 8.15. The standard InChI is InChI=1S/C17H24N4O4/c1-5-20(17(23)24)14-8-10(2)21(4,11(3)22)15-7-6-12(9-13(14)15)16(18)19-25/h6-7,9-10,14H,5,8H2,1-4H3,(H3-,18,19,23,24,25)/t10-,14+,21?/m0/s1. The van der Waals surface area contributed by atoms with Crippen molar-refractivity contribution < 1.29 is 19.9 Å². The maximum absolute atomic E-state index is 12.4. The van der Waals surface area contributed by atoms with Crippen molar-refractivity contribution in [1.29, 1.82) is 0 Å². The molecule has 0 spiro atoms. The van der Waals surface area contributed by atoms with Crippen LogP contribution < -0.4 is 15.3 Å². The molecule has 1 unspecified atom stereocenters. The molecule has 1 aliphatic heterocycles. The third-order valence-electron chi connectivity index (χ3n) is 5.34. The molecule has 2 amide bonds. The number of nitrogens with two attached hydrogens (primary N) is 1. The van der Waals surface area contributed by atoms with Crippen LogP contribution in [0.15, 0.2) is 23.4 Å². The molecule has 0 saturated heterocycles. The smallest absolute Gasteiger partial charge is 0.315 e. The van der Waals surface area contributed by atoms with E-state index in [4.69, 9.17) is 10.9 Å². The van der Waals surface area contributed by atoms with Gasteiger partial charge in [0.1, 0.15) is 11.8 Å². The Balaban J connectivity index is 2.73. The topological polar surface area (TPSA) is 119 Å². The molecule has 0 bridgehead atoms. The minimum Gasteiger partial charge on any atom is -0.530 e. The summed E-state index contributed by atoms with van der Waals surface area (Å²) in [6.07, 6.45) is -0.802. The zero-order chi connectivity index (χ0) is 18.9. The highest BCUT2D eigenvalue weighted by Gasteiger charge is 2.47. The van der Waals surface area contributed by atoms with Gasteiger partial charge in [0.25, 0.3) is 0 Å². The van der Waals surface area contributed by atoms with Crippen LogP contribution in [-0.2, 0) is 4.79 Å². The second-order valence-electron chi connectivity index (χ2n) is 6.51. The highest BCUT2D eigenvalue weighted by Crippen LogP contribution is 2.44. The van der Waals surface area contributed by atoms with Gasteiger partial charge >= 0.3 is 5.91 Å². The molecule has 25 heavy (non-hydrogen) atoms. The van der Waals surface area contributed by atoms with Crippen molar-refractivity contribution in [2.45, 2.75) is 39.3 Å². The van der Waals surface area contributed by atoms with Crippen LogP contribution in [0.2, 0.25) is 0 Å². The molecular formula is C17H24N4O4. The molecule has 0 aromatic heterocycles. The maximum Gasteiger partial charge on any atom is 0.315 e. The Morgan fingerprint density at radius 3 is 2.60 bits per heavy atom. The lowest BCUT2D eigenvalue weighted by Gasteiger charge is -2.46. The molecule has 8 nitrogen and oxygen atoms in total. The van der Waals surface area contributed by atoms with Gasteiger partial charge in [-0.2, -0.15) is 0 Å². The fraction of sp³-hybridized carbons (Fsp3) is 0.471. The molecule has 3 N–H and O–H groups in total. The molecule has 1 aromatic rings. The Kier molecular flexibility index (Phi) is 5.03. The van der Waals surface area contributed by atoms with E-state index in [2.05, 4.69) is 5.16 Å². The van der Waals surface area contributed by atoms with Gasteiger partial charge in [-0.15, -0.1) is 0 Å². The van der Waals surface area contributed by atoms with Crippen molar-refractivity contribution in [3.05, 3.63) is 29.3 Å². The molecule has 0 aliphatic carbocycles. The van der Waals surface area contributed by atoms with E-state index in [1.807, 2.05) is 14.0 Å². The minimum absolute atomic E-state index is 0.0414. The molecule has 2 rings (SSSR count). The van der Waals surface area contributed by atoms with Gasteiger partial charge in [0.05, 0.1) is 26.1 Å². The molecule has 0 fully saturated rings. The number of hydrogen-bond acceptors (Lipinski definition) is 5. The van der Waals surface area contributed by atoms with Gasteiger partial charge in [-0.3, -0.25) is 0 Å². The van der Waals surface area contributed by atoms with Crippen LogP contribution in [0.3, 0.4) is 0 Å². The molecule has 0 saturated carbocycles. The quantitative estimate of drug-likeness (QED) is 0.275. The van der Waals surface area contributed by atoms with E-state index in [0.29, 0.717) is 23.2 Å². The molecule has 8 heteroatoms. The number of amidine groups is 1. The molecular weight excluding hydrogens is 324 g/mol. The summed E-state index contributed by atoms with van der Waals surface area (Å²) in [5, 5.41) is 23.5. The number of nitrogens with zero attached hydrogens (tertiary/aromatic N) is 3. The average molecular weight is 348 g/mol. The summed E-state index contributed by atoms with van der Waals surface area (Å²) in [6, 6.07) is 4.52. The molecule has 1 aliphatic rings. The van der Waals surface area contributed by atoms with E-state index in [9.17, 15) is 14.7 Å². The number of carboxylic acid groups (broad SMARTS) is 1. The van der Waals surface area contributed by atoms with E-state index in [0.717, 1.165) is 0 Å². The fourth-order valence-electron chi connectivity index (χ4n) is 3.61. The van der Waals surface area contributed by atoms with Crippen molar-refractivity contribution in [2.75, 3.05) is 13.6 Å². The highest BCUT2D eigenvalue weighted by atomic mass is 16.4. The Hall–Kier alpha value is -2.61. The van der Waals surface area contributed by atoms with Gasteiger partial charge in [-0.25, -0.2) is 9.28 Å². The SMILES string of the molecule is CCN(C(=O)[O-])[C@@H]1C[C@H](C)[N+](C)(C(C)=O)c2ccc(C(N)=NO)cc21. The van der Waals surface area contributed by atoms with E-state index in [1.54, 1.807) is 25.1 Å². The number of hydrogen-bond donors (Lipinski definition) is 2. The predicted molar refractivity (Wildman–Crippen MR) is 91.9 cm³/mol. The Labute approximate surface area is 146 Å². The van der Waals surface area contributed by atoms with Gasteiger partial charge in [-0.05, 0) is 26.0 Å². The van der Waals surface area contributed by atoms with E-state index in [1.165, 1.54) is 11.8 Å². The Bertz CT molecular complexity index is 733. The number of amides is 2. The van der Waals surface area contributed by atoms with Gasteiger partial charge in [0.15, 0.2) is 5.84 Å². The largest absolute Gasteiger partial charge is 0.530 e. The summed E-state index contributed by atoms with van der Waals surface area (Å²) in [5.41, 5.74) is 7.53. The van der Waals surface area contributed by atoms with Crippen LogP contribution in [0.4, 0.5) is 10.5 Å². The monoisotopic (exact) mass is 348 g/mol. The van der Waals surface area contributed by atoms with Gasteiger partial charge in [-0.1, -0.05) is 5.16 Å². The second kappa shape index (κ2) is 6.72. The summed E-state index contributed by atoms with van der Waals surface area (Å²) in [5.74, 6) is -0.117. The zero-order valence-corrected chi connectivity index (χ0v) is 14.9. The summed E-state index contributed by atoms with van der Waals surface area (Å²) >= 11 is 0. The third-order valence-corrected chi connectivity index (χ3v) is 5.34. The van der Waals surface area contributed by atoms with Gasteiger partial charge < -0.3 is 25.7 Å². The van der Waals surface area contributed by atoms with Gasteiger partial charge in [0.2, 0.25) is 0 Å². The number of carbonyl (C=O) groups is 2. The number of quaternary nitrogens is 1. The molecule has 136 valence electrons. The number of benzene rings is 1. The lowest BCUT2D eigenvalue weighted by molar-refractivity contribution is -0.268. The molecule has 1 aromatic carbocycles. The van der Waals surface area contributed by atoms with Crippen LogP contribution in [0.5, 0.6) is 0 Å². The van der Waals surface area contributed by atoms with Crippen molar-refractivity contribution in [3.8, 4) is 0 Å². The fourth-order valence-corrected chi connectivity index (χ4v) is 3.61. The van der Waals surface area contributed by atoms with Crippen LogP contribution in [0.25, 0.3) is 0 Å². The van der Waals surface area contributed by atoms with Crippen LogP contribution in [-0.4, -0.2) is 47.6 Å². The summed E-state index contributed by atoms with van der Waals surface area (Å²) in [4.78, 5) is 25.2. The highest BCUT2D eigenvalue weighted by molar-refractivity contribution is 5.98. The Morgan fingerprint density at radius 2 is 2.12 bits per heavy atom. The number of carbonyl (C=O) groups excluding carboxylic acids is 2. The predicted octanol–water partition coefficient (Wildman–Crippen LogP) is 0.763. The van der Waals surface area contributed by atoms with Crippen molar-refractivity contribution in [1.82, 2.24) is 9.38 Å². The van der Waals surface area contributed by atoms with Crippen LogP contribution >= 0.6 is 0 Å². The van der Waals surface area contributed by atoms with Crippen molar-refractivity contribution in [2.24, 2.45) is 10.9 Å². The van der Waals surface area contributed by atoms with Crippen molar-refractivity contribution in [3.63, 3.8) is 0 Å². The summed E-state index contributed by atoms with van der Waals surface area (Å²) in [7, 11) is 1.82. The third kappa shape index (κ3) is 2.93. The average Bonchev–Trinajstić information content (AvgIpc) is 2.58.